The molecule has 0 unspecified atom stereocenters. The predicted molar refractivity (Wildman–Crippen MR) is 115 cm³/mol. The molecule has 2 heterocycles. The summed E-state index contributed by atoms with van der Waals surface area (Å²) in [6, 6.07) is 14.5. The van der Waals surface area contributed by atoms with Gasteiger partial charge < -0.3 is 24.0 Å². The fourth-order valence-electron chi connectivity index (χ4n) is 2.85. The molecule has 0 saturated carbocycles. The number of aliphatic hydroxyl groups excluding tert-OH is 1. The van der Waals surface area contributed by atoms with Gasteiger partial charge in [0, 0.05) is 5.56 Å². The Bertz CT molecular complexity index is 1210. The summed E-state index contributed by atoms with van der Waals surface area (Å²) in [6.07, 6.45) is 0. The van der Waals surface area contributed by atoms with E-state index in [0.717, 1.165) is 22.8 Å². The molecule has 0 aliphatic carbocycles. The maximum absolute atomic E-state index is 12.3. The number of fused-ring (bicyclic) bond motifs is 1. The van der Waals surface area contributed by atoms with Crippen LogP contribution in [0.3, 0.4) is 0 Å². The second-order valence-electron chi connectivity index (χ2n) is 6.31. The second-order valence-corrected chi connectivity index (χ2v) is 7.23. The Hall–Kier alpha value is -3.79. The average molecular weight is 438 g/mol. The number of hydrogen-bond acceptors (Lipinski definition) is 9. The van der Waals surface area contributed by atoms with Crippen molar-refractivity contribution in [1.82, 2.24) is 20.2 Å². The lowest BCUT2D eigenvalue weighted by Gasteiger charge is -2.06. The van der Waals surface area contributed by atoms with E-state index in [1.165, 1.54) is 7.11 Å². The molecule has 0 saturated heterocycles. The van der Waals surface area contributed by atoms with E-state index in [4.69, 9.17) is 13.9 Å². The number of benzene rings is 2. The molecule has 0 aliphatic heterocycles. The first kappa shape index (κ1) is 20.5. The number of carbonyl (C=O) groups excluding carboxylic acids is 1. The van der Waals surface area contributed by atoms with Crippen LogP contribution in [0.25, 0.3) is 28.1 Å². The Morgan fingerprint density at radius 2 is 1.90 bits per heavy atom. The van der Waals surface area contributed by atoms with Crippen LogP contribution in [0.15, 0.2) is 63.9 Å². The summed E-state index contributed by atoms with van der Waals surface area (Å²) in [7, 11) is 2.83. The van der Waals surface area contributed by atoms with E-state index in [1.807, 2.05) is 18.2 Å². The minimum absolute atomic E-state index is 0.00568. The summed E-state index contributed by atoms with van der Waals surface area (Å²) in [6.45, 7) is 0. The summed E-state index contributed by atoms with van der Waals surface area (Å²) >= 11 is 1.09. The zero-order valence-corrected chi connectivity index (χ0v) is 17.5. The smallest absolute Gasteiger partial charge is 0.345 e. The number of imidazole rings is 1. The highest BCUT2D eigenvalue weighted by Gasteiger charge is 2.23. The van der Waals surface area contributed by atoms with E-state index in [2.05, 4.69) is 20.2 Å². The first-order valence-electron chi connectivity index (χ1n) is 9.15. The summed E-state index contributed by atoms with van der Waals surface area (Å²) in [5.41, 5.74) is 2.08. The lowest BCUT2D eigenvalue weighted by molar-refractivity contribution is -0.133. The quantitative estimate of drug-likeness (QED) is 0.192. The van der Waals surface area contributed by atoms with Crippen LogP contribution in [-0.4, -0.2) is 51.2 Å². The Morgan fingerprint density at radius 3 is 2.61 bits per heavy atom. The molecule has 9 nitrogen and oxygen atoms in total. The molecule has 2 aromatic carbocycles. The maximum Gasteiger partial charge on any atom is 0.345 e. The van der Waals surface area contributed by atoms with Crippen LogP contribution in [0.5, 0.6) is 5.75 Å². The molecule has 0 aliphatic rings. The van der Waals surface area contributed by atoms with Gasteiger partial charge in [0.05, 0.1) is 31.0 Å². The van der Waals surface area contributed by atoms with Crippen molar-refractivity contribution in [1.29, 1.82) is 0 Å². The molecule has 0 radical (unpaired) electrons. The molecular weight excluding hydrogens is 420 g/mol. The fourth-order valence-corrected chi connectivity index (χ4v) is 3.49. The standard InChI is InChI=1S/C21H18N4O5S/c1-28-13-9-7-12(8-10-13)19-24-25-21(30-19)31-11-16(26)17(20(27)29-2)18-22-14-5-3-4-6-15(14)23-18/h3-10,26H,11H2,1-2H3,(H,22,23)/b17-16+. The maximum atomic E-state index is 12.3. The molecule has 2 aromatic heterocycles. The monoisotopic (exact) mass is 438 g/mol. The third-order valence-corrected chi connectivity index (χ3v) is 5.21. The van der Waals surface area contributed by atoms with E-state index in [1.54, 1.807) is 37.4 Å². The number of aromatic amines is 1. The zero-order valence-electron chi connectivity index (χ0n) is 16.7. The van der Waals surface area contributed by atoms with Gasteiger partial charge in [0.25, 0.3) is 5.22 Å². The molecule has 0 fully saturated rings. The number of methoxy groups -OCH3 is 2. The summed E-state index contributed by atoms with van der Waals surface area (Å²) in [5, 5.41) is 18.9. The number of aromatic nitrogens is 4. The van der Waals surface area contributed by atoms with Crippen LogP contribution in [0.2, 0.25) is 0 Å². The Morgan fingerprint density at radius 1 is 1.13 bits per heavy atom. The minimum Gasteiger partial charge on any atom is -0.510 e. The van der Waals surface area contributed by atoms with E-state index >= 15 is 0 Å². The van der Waals surface area contributed by atoms with Crippen molar-refractivity contribution < 1.29 is 23.8 Å². The highest BCUT2D eigenvalue weighted by atomic mass is 32.2. The normalized spacial score (nSPS) is 11.9. The third kappa shape index (κ3) is 4.38. The molecule has 0 bridgehead atoms. The molecular formula is C21H18N4O5S. The first-order valence-corrected chi connectivity index (χ1v) is 10.1. The van der Waals surface area contributed by atoms with Crippen molar-refractivity contribution >= 4 is 34.3 Å². The first-order chi connectivity index (χ1) is 15.1. The number of rotatable bonds is 7. The Kier molecular flexibility index (Phi) is 5.89. The van der Waals surface area contributed by atoms with Gasteiger partial charge in [0.15, 0.2) is 0 Å². The number of thioether (sulfide) groups is 1. The number of hydrogen-bond donors (Lipinski definition) is 2. The SMILES string of the molecule is COC(=O)/C(=C(/O)CSc1nnc(-c2ccc(OC)cc2)o1)c1nc2ccccc2[nH]1. The van der Waals surface area contributed by atoms with Gasteiger partial charge in [0.2, 0.25) is 5.89 Å². The van der Waals surface area contributed by atoms with Gasteiger partial charge in [-0.1, -0.05) is 23.9 Å². The number of aliphatic hydroxyl groups is 1. The van der Waals surface area contributed by atoms with Crippen LogP contribution in [0, 0.1) is 0 Å². The zero-order chi connectivity index (χ0) is 21.8. The number of nitrogens with zero attached hydrogens (tertiary/aromatic N) is 3. The van der Waals surface area contributed by atoms with E-state index < -0.39 is 5.97 Å². The van der Waals surface area contributed by atoms with E-state index in [0.29, 0.717) is 17.2 Å². The van der Waals surface area contributed by atoms with Crippen molar-refractivity contribution in [3.05, 3.63) is 60.1 Å². The van der Waals surface area contributed by atoms with E-state index in [9.17, 15) is 9.90 Å². The summed E-state index contributed by atoms with van der Waals surface area (Å²) in [5.74, 6) is 0.344. The van der Waals surface area contributed by atoms with Gasteiger partial charge in [0.1, 0.15) is 22.9 Å². The molecule has 4 aromatic rings. The Labute approximate surface area is 181 Å². The molecule has 31 heavy (non-hydrogen) atoms. The lowest BCUT2D eigenvalue weighted by Crippen LogP contribution is -2.09. The number of ether oxygens (including phenoxy) is 2. The predicted octanol–water partition coefficient (Wildman–Crippen LogP) is 3.86. The van der Waals surface area contributed by atoms with Crippen LogP contribution in [0.1, 0.15) is 5.82 Å². The Balaban J connectivity index is 1.55. The third-order valence-electron chi connectivity index (χ3n) is 4.38. The number of carbonyl (C=O) groups is 1. The van der Waals surface area contributed by atoms with Crippen molar-refractivity contribution in [2.75, 3.05) is 20.0 Å². The van der Waals surface area contributed by atoms with Crippen molar-refractivity contribution in [3.63, 3.8) is 0 Å². The second kappa shape index (κ2) is 8.92. The highest BCUT2D eigenvalue weighted by molar-refractivity contribution is 7.99. The summed E-state index contributed by atoms with van der Waals surface area (Å²) in [4.78, 5) is 19.7. The molecule has 0 amide bonds. The van der Waals surface area contributed by atoms with Gasteiger partial charge in [-0.05, 0) is 36.4 Å². The topological polar surface area (TPSA) is 123 Å². The van der Waals surface area contributed by atoms with E-state index in [-0.39, 0.29) is 28.1 Å². The van der Waals surface area contributed by atoms with Gasteiger partial charge in [-0.2, -0.15) is 0 Å². The molecule has 10 heteroatoms. The van der Waals surface area contributed by atoms with Crippen LogP contribution in [-0.2, 0) is 9.53 Å². The van der Waals surface area contributed by atoms with Gasteiger partial charge in [-0.15, -0.1) is 10.2 Å². The minimum atomic E-state index is -0.707. The molecule has 4 rings (SSSR count). The number of para-hydroxylation sites is 2. The number of H-pyrrole nitrogens is 1. The molecule has 158 valence electrons. The number of nitrogens with one attached hydrogen (secondary N) is 1. The lowest BCUT2D eigenvalue weighted by atomic mass is 10.2. The van der Waals surface area contributed by atoms with Crippen molar-refractivity contribution in [3.8, 4) is 17.2 Å². The van der Waals surface area contributed by atoms with Crippen molar-refractivity contribution in [2.24, 2.45) is 0 Å². The fraction of sp³-hybridized carbons (Fsp3) is 0.143. The highest BCUT2D eigenvalue weighted by Crippen LogP contribution is 2.28. The van der Waals surface area contributed by atoms with Crippen LogP contribution < -0.4 is 4.74 Å². The molecule has 0 spiro atoms. The molecule has 2 N–H and O–H groups in total. The van der Waals surface area contributed by atoms with Crippen LogP contribution >= 0.6 is 11.8 Å². The molecule has 0 atom stereocenters. The van der Waals surface area contributed by atoms with Gasteiger partial charge in [-0.25, -0.2) is 9.78 Å². The van der Waals surface area contributed by atoms with Crippen LogP contribution in [0.4, 0.5) is 0 Å². The van der Waals surface area contributed by atoms with Gasteiger partial charge >= 0.3 is 5.97 Å². The largest absolute Gasteiger partial charge is 0.510 e. The number of esters is 1. The summed E-state index contributed by atoms with van der Waals surface area (Å²) < 4.78 is 15.6. The average Bonchev–Trinajstić information content (AvgIpc) is 3.44. The van der Waals surface area contributed by atoms with Gasteiger partial charge in [-0.3, -0.25) is 0 Å². The van der Waals surface area contributed by atoms with Crippen molar-refractivity contribution in [2.45, 2.75) is 5.22 Å².